The molecule has 0 radical (unpaired) electrons. The van der Waals surface area contributed by atoms with Gasteiger partial charge in [0, 0.05) is 6.04 Å². The molecule has 0 aromatic heterocycles. The van der Waals surface area contributed by atoms with Crippen molar-refractivity contribution >= 4 is 12.4 Å². The lowest BCUT2D eigenvalue weighted by Gasteiger charge is -2.32. The van der Waals surface area contributed by atoms with Crippen LogP contribution < -0.4 is 0 Å². The molecule has 0 aromatic carbocycles. The fourth-order valence-corrected chi connectivity index (χ4v) is 1.23. The van der Waals surface area contributed by atoms with Crippen LogP contribution in [-0.2, 0) is 9.53 Å². The largest absolute Gasteiger partial charge is 0.444 e. The molecule has 15 heavy (non-hydrogen) atoms. The molecule has 0 N–H and O–H groups in total. The lowest BCUT2D eigenvalue weighted by atomic mass is 10.2. The van der Waals surface area contributed by atoms with Gasteiger partial charge in [-0.3, -0.25) is 4.90 Å². The predicted molar refractivity (Wildman–Crippen MR) is 58.7 cm³/mol. The molecule has 1 atom stereocenters. The lowest BCUT2D eigenvalue weighted by molar-refractivity contribution is -0.112. The van der Waals surface area contributed by atoms with Crippen LogP contribution in [0.5, 0.6) is 0 Å². The zero-order valence-corrected chi connectivity index (χ0v) is 10.4. The highest BCUT2D eigenvalue weighted by atomic mass is 16.6. The number of hydrogen-bond acceptors (Lipinski definition) is 3. The highest BCUT2D eigenvalue weighted by Gasteiger charge is 2.27. The molecule has 0 rings (SSSR count). The molecule has 0 aliphatic heterocycles. The monoisotopic (exact) mass is 215 g/mol. The molecule has 0 heterocycles. The Morgan fingerprint density at radius 1 is 1.27 bits per heavy atom. The highest BCUT2D eigenvalue weighted by molar-refractivity contribution is 5.73. The van der Waals surface area contributed by atoms with Gasteiger partial charge in [0.15, 0.2) is 0 Å². The van der Waals surface area contributed by atoms with Crippen LogP contribution in [0.4, 0.5) is 4.79 Å². The summed E-state index contributed by atoms with van der Waals surface area (Å²) in [5.41, 5.74) is -0.535. The van der Waals surface area contributed by atoms with E-state index in [1.165, 1.54) is 4.90 Å². The Morgan fingerprint density at radius 3 is 2.00 bits per heavy atom. The van der Waals surface area contributed by atoms with Crippen LogP contribution in [0, 0.1) is 0 Å². The second-order valence-electron chi connectivity index (χ2n) is 4.86. The van der Waals surface area contributed by atoms with Crippen LogP contribution in [0.2, 0.25) is 0 Å². The zero-order chi connectivity index (χ0) is 12.2. The minimum absolute atomic E-state index is 0.0555. The maximum absolute atomic E-state index is 11.7. The first-order valence-corrected chi connectivity index (χ1v) is 5.15. The molecular weight excluding hydrogens is 194 g/mol. The molecule has 0 aromatic rings. The SMILES string of the molecule is CC(C)N(C(=O)OC(C)(C)C)C(C)C=O. The quantitative estimate of drug-likeness (QED) is 0.678. The summed E-state index contributed by atoms with van der Waals surface area (Å²) >= 11 is 0. The smallest absolute Gasteiger partial charge is 0.411 e. The molecule has 0 aliphatic carbocycles. The van der Waals surface area contributed by atoms with Crippen molar-refractivity contribution in [1.82, 2.24) is 4.90 Å². The summed E-state index contributed by atoms with van der Waals surface area (Å²) in [5.74, 6) is 0. The second kappa shape index (κ2) is 5.14. The number of aldehydes is 1. The molecule has 4 heteroatoms. The van der Waals surface area contributed by atoms with Crippen molar-refractivity contribution in [3.63, 3.8) is 0 Å². The molecule has 1 amide bonds. The van der Waals surface area contributed by atoms with E-state index in [4.69, 9.17) is 4.74 Å². The number of hydrogen-bond donors (Lipinski definition) is 0. The van der Waals surface area contributed by atoms with Crippen molar-refractivity contribution in [1.29, 1.82) is 0 Å². The van der Waals surface area contributed by atoms with Crippen molar-refractivity contribution in [3.8, 4) is 0 Å². The maximum Gasteiger partial charge on any atom is 0.411 e. The first kappa shape index (κ1) is 13.9. The Kier molecular flexibility index (Phi) is 4.78. The topological polar surface area (TPSA) is 46.6 Å². The summed E-state index contributed by atoms with van der Waals surface area (Å²) in [5, 5.41) is 0. The van der Waals surface area contributed by atoms with Gasteiger partial charge in [-0.25, -0.2) is 4.79 Å². The first-order chi connectivity index (χ1) is 6.69. The van der Waals surface area contributed by atoms with Gasteiger partial charge < -0.3 is 9.53 Å². The van der Waals surface area contributed by atoms with E-state index in [9.17, 15) is 9.59 Å². The minimum atomic E-state index is -0.535. The van der Waals surface area contributed by atoms with Crippen LogP contribution in [-0.4, -0.2) is 35.0 Å². The average Bonchev–Trinajstić information content (AvgIpc) is 1.99. The summed E-state index contributed by atoms with van der Waals surface area (Å²) in [4.78, 5) is 23.8. The van der Waals surface area contributed by atoms with E-state index in [1.54, 1.807) is 27.7 Å². The van der Waals surface area contributed by atoms with Crippen LogP contribution in [0.1, 0.15) is 41.5 Å². The molecular formula is C11H21NO3. The van der Waals surface area contributed by atoms with E-state index in [2.05, 4.69) is 0 Å². The van der Waals surface area contributed by atoms with E-state index in [-0.39, 0.29) is 6.04 Å². The van der Waals surface area contributed by atoms with Crippen LogP contribution >= 0.6 is 0 Å². The van der Waals surface area contributed by atoms with Gasteiger partial charge in [0.25, 0.3) is 0 Å². The molecule has 0 saturated heterocycles. The predicted octanol–water partition coefficient (Wildman–Crippen LogP) is 2.22. The number of nitrogens with zero attached hydrogens (tertiary/aromatic N) is 1. The van der Waals surface area contributed by atoms with E-state index in [0.29, 0.717) is 0 Å². The van der Waals surface area contributed by atoms with Gasteiger partial charge in [-0.1, -0.05) is 0 Å². The van der Waals surface area contributed by atoms with E-state index >= 15 is 0 Å². The summed E-state index contributed by atoms with van der Waals surface area (Å²) in [6.07, 6.45) is 0.293. The third kappa shape index (κ3) is 4.81. The van der Waals surface area contributed by atoms with Gasteiger partial charge in [0.2, 0.25) is 0 Å². The van der Waals surface area contributed by atoms with Crippen molar-refractivity contribution in [2.45, 2.75) is 59.2 Å². The van der Waals surface area contributed by atoms with Gasteiger partial charge >= 0.3 is 6.09 Å². The molecule has 4 nitrogen and oxygen atoms in total. The lowest BCUT2D eigenvalue weighted by Crippen LogP contribution is -2.46. The number of carbonyl (C=O) groups excluding carboxylic acids is 2. The van der Waals surface area contributed by atoms with Gasteiger partial charge in [0.05, 0.1) is 6.04 Å². The van der Waals surface area contributed by atoms with Gasteiger partial charge in [-0.05, 0) is 41.5 Å². The van der Waals surface area contributed by atoms with Crippen molar-refractivity contribution in [3.05, 3.63) is 0 Å². The summed E-state index contributed by atoms with van der Waals surface area (Å²) in [6.45, 7) is 10.8. The number of amides is 1. The van der Waals surface area contributed by atoms with Crippen LogP contribution in [0.3, 0.4) is 0 Å². The van der Waals surface area contributed by atoms with Gasteiger partial charge in [0.1, 0.15) is 11.9 Å². The fraction of sp³-hybridized carbons (Fsp3) is 0.818. The summed E-state index contributed by atoms with van der Waals surface area (Å²) < 4.78 is 5.21. The molecule has 0 saturated carbocycles. The normalized spacial score (nSPS) is 13.5. The zero-order valence-electron chi connectivity index (χ0n) is 10.4. The molecule has 88 valence electrons. The Labute approximate surface area is 91.6 Å². The molecule has 1 unspecified atom stereocenters. The first-order valence-electron chi connectivity index (χ1n) is 5.15. The van der Waals surface area contributed by atoms with E-state index < -0.39 is 17.7 Å². The molecule has 0 aliphatic rings. The van der Waals surface area contributed by atoms with Crippen molar-refractivity contribution < 1.29 is 14.3 Å². The third-order valence-electron chi connectivity index (χ3n) is 1.80. The van der Waals surface area contributed by atoms with Gasteiger partial charge in [-0.15, -0.1) is 0 Å². The maximum atomic E-state index is 11.7. The second-order valence-corrected chi connectivity index (χ2v) is 4.86. The highest BCUT2D eigenvalue weighted by Crippen LogP contribution is 2.13. The number of ether oxygens (including phenoxy) is 1. The van der Waals surface area contributed by atoms with Gasteiger partial charge in [-0.2, -0.15) is 0 Å². The Morgan fingerprint density at radius 2 is 1.73 bits per heavy atom. The summed E-state index contributed by atoms with van der Waals surface area (Å²) in [6, 6.07) is -0.514. The van der Waals surface area contributed by atoms with Crippen molar-refractivity contribution in [2.24, 2.45) is 0 Å². The Bertz CT molecular complexity index is 230. The standard InChI is InChI=1S/C11H21NO3/c1-8(2)12(9(3)7-13)10(14)15-11(4,5)6/h7-9H,1-6H3. The Balaban J connectivity index is 4.64. The molecule has 0 spiro atoms. The fourth-order valence-electron chi connectivity index (χ4n) is 1.23. The van der Waals surface area contributed by atoms with Crippen LogP contribution in [0.15, 0.2) is 0 Å². The molecule has 0 fully saturated rings. The Hall–Kier alpha value is -1.06. The minimum Gasteiger partial charge on any atom is -0.444 e. The third-order valence-corrected chi connectivity index (χ3v) is 1.80. The molecule has 0 bridgehead atoms. The van der Waals surface area contributed by atoms with Crippen LogP contribution in [0.25, 0.3) is 0 Å². The van der Waals surface area contributed by atoms with E-state index in [1.807, 2.05) is 13.8 Å². The summed E-state index contributed by atoms with van der Waals surface area (Å²) in [7, 11) is 0. The number of rotatable bonds is 3. The number of carbonyl (C=O) groups is 2. The average molecular weight is 215 g/mol. The van der Waals surface area contributed by atoms with Crippen molar-refractivity contribution in [2.75, 3.05) is 0 Å². The van der Waals surface area contributed by atoms with E-state index in [0.717, 1.165) is 6.29 Å².